The van der Waals surface area contributed by atoms with Gasteiger partial charge in [0.2, 0.25) is 0 Å². The molecular formula is C12H23NO2. The third-order valence-corrected chi connectivity index (χ3v) is 3.98. The highest BCUT2D eigenvalue weighted by Crippen LogP contribution is 2.26. The molecule has 0 aromatic rings. The molecule has 2 aliphatic rings. The van der Waals surface area contributed by atoms with Gasteiger partial charge in [-0.2, -0.15) is 0 Å². The van der Waals surface area contributed by atoms with E-state index in [-0.39, 0.29) is 6.10 Å². The van der Waals surface area contributed by atoms with Crippen LogP contribution in [0.2, 0.25) is 0 Å². The second-order valence-corrected chi connectivity index (χ2v) is 4.93. The van der Waals surface area contributed by atoms with Crippen LogP contribution in [0.25, 0.3) is 0 Å². The number of nitrogens with zero attached hydrogens (tertiary/aromatic N) is 1. The van der Waals surface area contributed by atoms with Gasteiger partial charge in [0.05, 0.1) is 6.10 Å². The van der Waals surface area contributed by atoms with Crippen LogP contribution in [0, 0.1) is 0 Å². The molecule has 1 saturated carbocycles. The summed E-state index contributed by atoms with van der Waals surface area (Å²) in [4.78, 5) is 2.41. The zero-order chi connectivity index (χ0) is 10.7. The monoisotopic (exact) mass is 213 g/mol. The maximum atomic E-state index is 10.00. The fraction of sp³-hybridized carbons (Fsp3) is 1.00. The molecule has 1 aliphatic carbocycles. The lowest BCUT2D eigenvalue weighted by Crippen LogP contribution is -2.49. The van der Waals surface area contributed by atoms with E-state index in [2.05, 4.69) is 11.9 Å². The zero-order valence-corrected chi connectivity index (χ0v) is 9.69. The van der Waals surface area contributed by atoms with Crippen molar-refractivity contribution in [3.63, 3.8) is 0 Å². The first-order valence-electron chi connectivity index (χ1n) is 6.27. The first-order chi connectivity index (χ1) is 7.29. The van der Waals surface area contributed by atoms with Gasteiger partial charge in [-0.1, -0.05) is 12.8 Å². The van der Waals surface area contributed by atoms with Gasteiger partial charge in [0.25, 0.3) is 0 Å². The molecule has 0 aromatic heterocycles. The van der Waals surface area contributed by atoms with Crippen molar-refractivity contribution in [3.8, 4) is 0 Å². The van der Waals surface area contributed by atoms with Gasteiger partial charge in [0, 0.05) is 25.3 Å². The first-order valence-corrected chi connectivity index (χ1v) is 6.27. The summed E-state index contributed by atoms with van der Waals surface area (Å²) in [5.74, 6) is 0. The molecule has 0 unspecified atom stereocenters. The van der Waals surface area contributed by atoms with Crippen LogP contribution in [0.4, 0.5) is 0 Å². The molecular weight excluding hydrogens is 190 g/mol. The van der Waals surface area contributed by atoms with E-state index in [1.165, 1.54) is 12.8 Å². The number of hydrogen-bond donors (Lipinski definition) is 1. The van der Waals surface area contributed by atoms with Crippen molar-refractivity contribution in [1.82, 2.24) is 4.90 Å². The molecule has 0 spiro atoms. The van der Waals surface area contributed by atoms with Crippen LogP contribution in [0.15, 0.2) is 0 Å². The number of aliphatic hydroxyl groups is 1. The van der Waals surface area contributed by atoms with Crippen molar-refractivity contribution in [2.45, 2.75) is 56.7 Å². The molecule has 1 N–H and O–H groups in total. The van der Waals surface area contributed by atoms with Gasteiger partial charge >= 0.3 is 0 Å². The van der Waals surface area contributed by atoms with Crippen molar-refractivity contribution in [2.24, 2.45) is 0 Å². The topological polar surface area (TPSA) is 32.7 Å². The number of ether oxygens (including phenoxy) is 1. The van der Waals surface area contributed by atoms with E-state index in [9.17, 15) is 5.11 Å². The molecule has 3 nitrogen and oxygen atoms in total. The Balaban J connectivity index is 1.89. The van der Waals surface area contributed by atoms with Gasteiger partial charge in [-0.05, 0) is 32.7 Å². The van der Waals surface area contributed by atoms with Gasteiger partial charge < -0.3 is 9.84 Å². The third-order valence-electron chi connectivity index (χ3n) is 3.98. The van der Waals surface area contributed by atoms with Gasteiger partial charge in [-0.25, -0.2) is 0 Å². The zero-order valence-electron chi connectivity index (χ0n) is 9.69. The molecule has 2 rings (SSSR count). The van der Waals surface area contributed by atoms with E-state index in [0.717, 1.165) is 38.9 Å². The van der Waals surface area contributed by atoms with Crippen molar-refractivity contribution < 1.29 is 9.84 Å². The molecule has 0 bridgehead atoms. The Morgan fingerprint density at radius 3 is 2.40 bits per heavy atom. The van der Waals surface area contributed by atoms with E-state index in [0.29, 0.717) is 12.1 Å². The molecule has 1 saturated heterocycles. The number of rotatable bonds is 2. The summed E-state index contributed by atoms with van der Waals surface area (Å²) in [6, 6.07) is 1.01. The highest BCUT2D eigenvalue weighted by molar-refractivity contribution is 4.85. The normalized spacial score (nSPS) is 34.6. The number of aliphatic hydroxyl groups excluding tert-OH is 1. The van der Waals surface area contributed by atoms with E-state index in [1.807, 2.05) is 0 Å². The second-order valence-electron chi connectivity index (χ2n) is 4.93. The fourth-order valence-electron chi connectivity index (χ4n) is 2.93. The average Bonchev–Trinajstić information content (AvgIpc) is 2.30. The number of likely N-dealkylation sites (N-methyl/N-ethyl adjacent to an activating group) is 1. The summed E-state index contributed by atoms with van der Waals surface area (Å²) in [6.45, 7) is 1.77. The SMILES string of the molecule is CN(C1CCOCC1)[C@@H]1CCCC[C@H]1O. The predicted molar refractivity (Wildman–Crippen MR) is 59.9 cm³/mol. The quantitative estimate of drug-likeness (QED) is 0.752. The lowest BCUT2D eigenvalue weighted by atomic mass is 9.90. The van der Waals surface area contributed by atoms with E-state index in [4.69, 9.17) is 4.74 Å². The van der Waals surface area contributed by atoms with Crippen LogP contribution in [0.3, 0.4) is 0 Å². The Hall–Kier alpha value is -0.120. The van der Waals surface area contributed by atoms with E-state index >= 15 is 0 Å². The molecule has 0 aromatic carbocycles. The van der Waals surface area contributed by atoms with Crippen LogP contribution >= 0.6 is 0 Å². The average molecular weight is 213 g/mol. The van der Waals surface area contributed by atoms with Gasteiger partial charge in [-0.3, -0.25) is 4.90 Å². The number of hydrogen-bond acceptors (Lipinski definition) is 3. The lowest BCUT2D eigenvalue weighted by molar-refractivity contribution is -0.0219. The minimum absolute atomic E-state index is 0.105. The molecule has 3 heteroatoms. The van der Waals surface area contributed by atoms with Crippen LogP contribution in [0.5, 0.6) is 0 Å². The predicted octanol–water partition coefficient (Wildman–Crippen LogP) is 1.40. The summed E-state index contributed by atoms with van der Waals surface area (Å²) >= 11 is 0. The van der Waals surface area contributed by atoms with E-state index < -0.39 is 0 Å². The minimum atomic E-state index is -0.105. The Labute approximate surface area is 92.4 Å². The van der Waals surface area contributed by atoms with Crippen LogP contribution in [0.1, 0.15) is 38.5 Å². The molecule has 2 atom stereocenters. The van der Waals surface area contributed by atoms with Gasteiger partial charge in [-0.15, -0.1) is 0 Å². The van der Waals surface area contributed by atoms with Crippen LogP contribution in [-0.2, 0) is 4.74 Å². The maximum Gasteiger partial charge on any atom is 0.0695 e. The standard InChI is InChI=1S/C12H23NO2/c1-13(10-6-8-15-9-7-10)11-4-2-3-5-12(11)14/h10-12,14H,2-9H2,1H3/t11-,12-/m1/s1. The van der Waals surface area contributed by atoms with Crippen LogP contribution < -0.4 is 0 Å². The van der Waals surface area contributed by atoms with Crippen molar-refractivity contribution in [3.05, 3.63) is 0 Å². The molecule has 0 radical (unpaired) electrons. The Kier molecular flexibility index (Phi) is 4.00. The highest BCUT2D eigenvalue weighted by Gasteiger charge is 2.31. The largest absolute Gasteiger partial charge is 0.391 e. The Morgan fingerprint density at radius 2 is 1.73 bits per heavy atom. The van der Waals surface area contributed by atoms with Gasteiger partial charge in [0.1, 0.15) is 0 Å². The molecule has 15 heavy (non-hydrogen) atoms. The van der Waals surface area contributed by atoms with Crippen molar-refractivity contribution in [2.75, 3.05) is 20.3 Å². The van der Waals surface area contributed by atoms with Crippen molar-refractivity contribution in [1.29, 1.82) is 0 Å². The first kappa shape index (κ1) is 11.4. The third kappa shape index (κ3) is 2.71. The summed E-state index contributed by atoms with van der Waals surface area (Å²) in [5.41, 5.74) is 0. The Bertz CT molecular complexity index is 192. The van der Waals surface area contributed by atoms with Crippen LogP contribution in [-0.4, -0.2) is 48.5 Å². The maximum absolute atomic E-state index is 10.00. The summed E-state index contributed by atoms with van der Waals surface area (Å²) in [5, 5.41) is 10.00. The molecule has 0 amide bonds. The summed E-state index contributed by atoms with van der Waals surface area (Å²) in [6.07, 6.45) is 6.76. The Morgan fingerprint density at radius 1 is 1.07 bits per heavy atom. The molecule has 2 fully saturated rings. The summed E-state index contributed by atoms with van der Waals surface area (Å²) in [7, 11) is 2.18. The second kappa shape index (κ2) is 5.28. The smallest absolute Gasteiger partial charge is 0.0695 e. The molecule has 88 valence electrons. The molecule has 1 aliphatic heterocycles. The summed E-state index contributed by atoms with van der Waals surface area (Å²) < 4.78 is 5.37. The molecule has 1 heterocycles. The van der Waals surface area contributed by atoms with Gasteiger partial charge in [0.15, 0.2) is 0 Å². The lowest BCUT2D eigenvalue weighted by Gasteiger charge is -2.41. The highest BCUT2D eigenvalue weighted by atomic mass is 16.5. The fourth-order valence-corrected chi connectivity index (χ4v) is 2.93. The van der Waals surface area contributed by atoms with Crippen molar-refractivity contribution >= 4 is 0 Å². The minimum Gasteiger partial charge on any atom is -0.391 e. The van der Waals surface area contributed by atoms with E-state index in [1.54, 1.807) is 0 Å².